The number of hydrogen-bond acceptors (Lipinski definition) is 7. The molecule has 0 unspecified atom stereocenters. The van der Waals surface area contributed by atoms with E-state index in [2.05, 4.69) is 32.6 Å². The molecule has 0 aliphatic heterocycles. The maximum absolute atomic E-state index is 12.2. The Bertz CT molecular complexity index is 1060. The molecule has 0 saturated heterocycles. The lowest BCUT2D eigenvalue weighted by Crippen LogP contribution is -2.14. The molecular weight excluding hydrogens is 394 g/mol. The first kappa shape index (κ1) is 18.5. The quantitative estimate of drug-likeness (QED) is 0.461. The van der Waals surface area contributed by atoms with Crippen LogP contribution in [0.15, 0.2) is 63.8 Å². The zero-order chi connectivity index (χ0) is 19.3. The lowest BCUT2D eigenvalue weighted by Gasteiger charge is -2.10. The highest BCUT2D eigenvalue weighted by atomic mass is 32.2. The summed E-state index contributed by atoms with van der Waals surface area (Å²) < 4.78 is 7.44. The highest BCUT2D eigenvalue weighted by Crippen LogP contribution is 2.28. The summed E-state index contributed by atoms with van der Waals surface area (Å²) >= 11 is 2.73. The summed E-state index contributed by atoms with van der Waals surface area (Å²) in [6.45, 7) is 2.50. The van der Waals surface area contributed by atoms with Crippen molar-refractivity contribution in [2.45, 2.75) is 18.6 Å². The Hall–Kier alpha value is -2.91. The molecule has 3 heterocycles. The van der Waals surface area contributed by atoms with Crippen LogP contribution in [0.25, 0.3) is 11.4 Å². The van der Waals surface area contributed by atoms with Gasteiger partial charge in [0, 0.05) is 11.6 Å². The second-order valence-electron chi connectivity index (χ2n) is 5.94. The highest BCUT2D eigenvalue weighted by Gasteiger charge is 2.18. The van der Waals surface area contributed by atoms with Crippen LogP contribution in [0.2, 0.25) is 0 Å². The molecule has 0 atom stereocenters. The summed E-state index contributed by atoms with van der Waals surface area (Å²) in [5, 5.41) is 14.5. The van der Waals surface area contributed by atoms with Gasteiger partial charge in [-0.2, -0.15) is 0 Å². The van der Waals surface area contributed by atoms with E-state index in [0.717, 1.165) is 22.7 Å². The zero-order valence-corrected chi connectivity index (χ0v) is 16.7. The molecule has 3 aromatic heterocycles. The average molecular weight is 412 g/mol. The van der Waals surface area contributed by atoms with Gasteiger partial charge in [-0.25, -0.2) is 4.98 Å². The number of amides is 1. The Morgan fingerprint density at radius 2 is 2.11 bits per heavy atom. The van der Waals surface area contributed by atoms with Crippen LogP contribution >= 0.6 is 23.1 Å². The van der Waals surface area contributed by atoms with Crippen LogP contribution in [-0.4, -0.2) is 31.4 Å². The molecule has 0 aliphatic rings. The van der Waals surface area contributed by atoms with Crippen molar-refractivity contribution in [3.63, 3.8) is 0 Å². The van der Waals surface area contributed by atoms with Gasteiger partial charge >= 0.3 is 0 Å². The van der Waals surface area contributed by atoms with Gasteiger partial charge in [-0.1, -0.05) is 42.1 Å². The van der Waals surface area contributed by atoms with Crippen molar-refractivity contribution in [1.29, 1.82) is 0 Å². The van der Waals surface area contributed by atoms with Crippen LogP contribution in [0.5, 0.6) is 0 Å². The molecule has 1 amide bonds. The van der Waals surface area contributed by atoms with E-state index < -0.39 is 0 Å². The van der Waals surface area contributed by atoms with Gasteiger partial charge in [0.2, 0.25) is 5.91 Å². The summed E-state index contributed by atoms with van der Waals surface area (Å²) in [7, 11) is 0. The number of aryl methyl sites for hydroxylation is 1. The first-order valence-corrected chi connectivity index (χ1v) is 10.4. The summed E-state index contributed by atoms with van der Waals surface area (Å²) in [6, 6.07) is 12.0. The third-order valence-electron chi connectivity index (χ3n) is 4.01. The Labute approximate surface area is 169 Å². The number of nitrogens with zero attached hydrogens (tertiary/aromatic N) is 4. The van der Waals surface area contributed by atoms with Crippen LogP contribution in [-0.2, 0) is 11.3 Å². The number of furan rings is 1. The van der Waals surface area contributed by atoms with Crippen LogP contribution in [0, 0.1) is 6.92 Å². The molecule has 28 heavy (non-hydrogen) atoms. The molecule has 1 aromatic carbocycles. The van der Waals surface area contributed by atoms with Crippen LogP contribution in [0.3, 0.4) is 0 Å². The second-order valence-corrected chi connectivity index (χ2v) is 7.78. The van der Waals surface area contributed by atoms with Crippen molar-refractivity contribution in [3.05, 3.63) is 65.6 Å². The smallest absolute Gasteiger partial charge is 0.236 e. The second kappa shape index (κ2) is 8.41. The molecule has 0 radical (unpaired) electrons. The predicted octanol–water partition coefficient (Wildman–Crippen LogP) is 4.08. The lowest BCUT2D eigenvalue weighted by molar-refractivity contribution is -0.113. The van der Waals surface area contributed by atoms with E-state index >= 15 is 0 Å². The summed E-state index contributed by atoms with van der Waals surface area (Å²) in [5.74, 6) is 1.59. The van der Waals surface area contributed by atoms with Crippen molar-refractivity contribution in [1.82, 2.24) is 19.7 Å². The van der Waals surface area contributed by atoms with Gasteiger partial charge in [0.05, 0.1) is 24.1 Å². The normalized spacial score (nSPS) is 10.9. The molecule has 0 saturated carbocycles. The van der Waals surface area contributed by atoms with Gasteiger partial charge < -0.3 is 9.73 Å². The maximum Gasteiger partial charge on any atom is 0.236 e. The number of aromatic nitrogens is 4. The highest BCUT2D eigenvalue weighted by molar-refractivity contribution is 7.99. The first-order chi connectivity index (χ1) is 13.7. The number of benzene rings is 1. The maximum atomic E-state index is 12.2. The minimum absolute atomic E-state index is 0.129. The summed E-state index contributed by atoms with van der Waals surface area (Å²) in [4.78, 5) is 16.3. The predicted molar refractivity (Wildman–Crippen MR) is 109 cm³/mol. The van der Waals surface area contributed by atoms with Crippen molar-refractivity contribution in [3.8, 4) is 11.4 Å². The SMILES string of the molecule is Cc1occc1-c1nnc(SCC(=O)Nc2nccs2)n1Cc1ccccc1. The number of carbonyl (C=O) groups excluding carboxylic acids is 1. The number of thioether (sulfide) groups is 1. The third kappa shape index (κ3) is 4.15. The van der Waals surface area contributed by atoms with Crippen molar-refractivity contribution < 1.29 is 9.21 Å². The molecule has 0 bridgehead atoms. The van der Waals surface area contributed by atoms with Gasteiger partial charge in [-0.15, -0.1) is 21.5 Å². The fourth-order valence-electron chi connectivity index (χ4n) is 2.69. The van der Waals surface area contributed by atoms with Crippen molar-refractivity contribution in [2.24, 2.45) is 0 Å². The first-order valence-electron chi connectivity index (χ1n) is 8.54. The Morgan fingerprint density at radius 1 is 1.25 bits per heavy atom. The van der Waals surface area contributed by atoms with E-state index in [1.54, 1.807) is 12.5 Å². The summed E-state index contributed by atoms with van der Waals surface area (Å²) in [5.41, 5.74) is 2.02. The number of carbonyl (C=O) groups is 1. The molecule has 9 heteroatoms. The molecule has 4 rings (SSSR count). The van der Waals surface area contributed by atoms with Crippen molar-refractivity contribution >= 4 is 34.1 Å². The number of rotatable bonds is 7. The standard InChI is InChI=1S/C19H17N5O2S2/c1-13-15(7-9-26-13)17-22-23-19(24(17)11-14-5-3-2-4-6-14)28-12-16(25)21-18-20-8-10-27-18/h2-10H,11-12H2,1H3,(H,20,21,25). The van der Waals surface area contributed by atoms with E-state index in [1.807, 2.05) is 41.1 Å². The van der Waals surface area contributed by atoms with Gasteiger partial charge in [0.25, 0.3) is 0 Å². The third-order valence-corrected chi connectivity index (χ3v) is 5.67. The Balaban J connectivity index is 1.57. The van der Waals surface area contributed by atoms with E-state index in [4.69, 9.17) is 4.42 Å². The molecular formula is C19H17N5O2S2. The van der Waals surface area contributed by atoms with E-state index in [-0.39, 0.29) is 11.7 Å². The minimum Gasteiger partial charge on any atom is -0.469 e. The van der Waals surface area contributed by atoms with E-state index in [0.29, 0.717) is 16.8 Å². The fraction of sp³-hybridized carbons (Fsp3) is 0.158. The molecule has 142 valence electrons. The summed E-state index contributed by atoms with van der Waals surface area (Å²) in [6.07, 6.45) is 3.30. The van der Waals surface area contributed by atoms with Crippen LogP contribution in [0.4, 0.5) is 5.13 Å². The van der Waals surface area contributed by atoms with Gasteiger partial charge in [-0.3, -0.25) is 9.36 Å². The minimum atomic E-state index is -0.129. The molecule has 4 aromatic rings. The molecule has 0 aliphatic carbocycles. The van der Waals surface area contributed by atoms with Crippen LogP contribution < -0.4 is 5.32 Å². The largest absolute Gasteiger partial charge is 0.469 e. The number of nitrogens with one attached hydrogen (secondary N) is 1. The number of anilines is 1. The topological polar surface area (TPSA) is 85.8 Å². The monoisotopic (exact) mass is 411 g/mol. The van der Waals surface area contributed by atoms with Gasteiger partial charge in [0.15, 0.2) is 16.1 Å². The molecule has 1 N–H and O–H groups in total. The van der Waals surface area contributed by atoms with E-state index in [9.17, 15) is 4.79 Å². The van der Waals surface area contributed by atoms with Gasteiger partial charge in [0.1, 0.15) is 5.76 Å². The number of thiazole rings is 1. The van der Waals surface area contributed by atoms with Gasteiger partial charge in [-0.05, 0) is 18.6 Å². The van der Waals surface area contributed by atoms with Crippen LogP contribution in [0.1, 0.15) is 11.3 Å². The lowest BCUT2D eigenvalue weighted by atomic mass is 10.2. The molecule has 0 spiro atoms. The number of hydrogen-bond donors (Lipinski definition) is 1. The molecule has 0 fully saturated rings. The average Bonchev–Trinajstić information content (AvgIpc) is 3.43. The Kier molecular flexibility index (Phi) is 5.54. The Morgan fingerprint density at radius 3 is 2.82 bits per heavy atom. The zero-order valence-electron chi connectivity index (χ0n) is 15.0. The van der Waals surface area contributed by atoms with E-state index in [1.165, 1.54) is 23.1 Å². The molecule has 7 nitrogen and oxygen atoms in total. The van der Waals surface area contributed by atoms with Crippen molar-refractivity contribution in [2.75, 3.05) is 11.1 Å². The fourth-order valence-corrected chi connectivity index (χ4v) is 3.97.